The van der Waals surface area contributed by atoms with Crippen molar-refractivity contribution in [3.8, 4) is 0 Å². The molecule has 1 unspecified atom stereocenters. The number of carbonyl (C=O) groups is 1. The Morgan fingerprint density at radius 2 is 2.17 bits per heavy atom. The topological polar surface area (TPSA) is 87.2 Å². The highest BCUT2D eigenvalue weighted by atomic mass is 32.1. The number of aryl methyl sites for hydroxylation is 2. The van der Waals surface area contributed by atoms with E-state index >= 15 is 0 Å². The summed E-state index contributed by atoms with van der Waals surface area (Å²) < 4.78 is 6.64. The number of methoxy groups -OCH3 is 1. The molecule has 2 aromatic rings. The molecule has 7 heteroatoms. The van der Waals surface area contributed by atoms with Gasteiger partial charge in [0.2, 0.25) is 5.91 Å². The van der Waals surface area contributed by atoms with Gasteiger partial charge in [0, 0.05) is 18.4 Å². The number of nitrogens with zero attached hydrogens (tertiary/aromatic N) is 2. The lowest BCUT2D eigenvalue weighted by atomic mass is 9.97. The van der Waals surface area contributed by atoms with Crippen LogP contribution < -0.4 is 11.3 Å². The van der Waals surface area contributed by atoms with Gasteiger partial charge in [0.1, 0.15) is 16.7 Å². The summed E-state index contributed by atoms with van der Waals surface area (Å²) in [7, 11) is 1.61. The molecule has 130 valence electrons. The summed E-state index contributed by atoms with van der Waals surface area (Å²) in [6.45, 7) is 2.30. The second-order valence-electron chi connectivity index (χ2n) is 6.16. The van der Waals surface area contributed by atoms with Crippen LogP contribution in [0.3, 0.4) is 0 Å². The van der Waals surface area contributed by atoms with Crippen molar-refractivity contribution in [1.29, 1.82) is 0 Å². The molecule has 0 aliphatic heterocycles. The summed E-state index contributed by atoms with van der Waals surface area (Å²) in [5.41, 5.74) is 6.55. The fourth-order valence-corrected chi connectivity index (χ4v) is 4.73. The van der Waals surface area contributed by atoms with Crippen molar-refractivity contribution >= 4 is 27.5 Å². The highest BCUT2D eigenvalue weighted by Gasteiger charge is 2.26. The normalized spacial score (nSPS) is 15.4. The lowest BCUT2D eigenvalue weighted by Crippen LogP contribution is -2.36. The third kappa shape index (κ3) is 2.86. The SMILES string of the molecule is CCC(C(N)=O)n1c(CCOC)nc2sc3c(c2c1=O)CCCC3. The molecule has 2 N–H and O–H groups in total. The molecule has 3 rings (SSSR count). The molecule has 0 fully saturated rings. The van der Waals surface area contributed by atoms with E-state index in [2.05, 4.69) is 0 Å². The average molecular weight is 349 g/mol. The van der Waals surface area contributed by atoms with Crippen LogP contribution >= 0.6 is 11.3 Å². The number of rotatable bonds is 6. The minimum absolute atomic E-state index is 0.129. The Kier molecular flexibility index (Phi) is 5.01. The summed E-state index contributed by atoms with van der Waals surface area (Å²) in [5, 5.41) is 0.690. The standard InChI is InChI=1S/C17H23N3O3S/c1-3-11(15(18)21)20-13(8-9-23-2)19-16-14(17(20)22)10-6-4-5-7-12(10)24-16/h11H,3-9H2,1-2H3,(H2,18,21). The zero-order valence-electron chi connectivity index (χ0n) is 14.1. The molecule has 1 amide bonds. The number of primary amides is 1. The van der Waals surface area contributed by atoms with Crippen molar-refractivity contribution in [2.75, 3.05) is 13.7 Å². The zero-order chi connectivity index (χ0) is 17.3. The van der Waals surface area contributed by atoms with Crippen LogP contribution in [-0.2, 0) is 28.8 Å². The highest BCUT2D eigenvalue weighted by Crippen LogP contribution is 2.34. The van der Waals surface area contributed by atoms with Crippen LogP contribution in [0, 0.1) is 0 Å². The van der Waals surface area contributed by atoms with Gasteiger partial charge in [-0.05, 0) is 37.7 Å². The second-order valence-corrected chi connectivity index (χ2v) is 7.25. The first-order valence-electron chi connectivity index (χ1n) is 8.42. The number of ether oxygens (including phenoxy) is 1. The average Bonchev–Trinajstić information content (AvgIpc) is 2.94. The van der Waals surface area contributed by atoms with Gasteiger partial charge in [0.15, 0.2) is 0 Å². The van der Waals surface area contributed by atoms with Crippen LogP contribution in [0.15, 0.2) is 4.79 Å². The zero-order valence-corrected chi connectivity index (χ0v) is 14.9. The quantitative estimate of drug-likeness (QED) is 0.863. The minimum Gasteiger partial charge on any atom is -0.384 e. The van der Waals surface area contributed by atoms with Crippen LogP contribution in [0.5, 0.6) is 0 Å². The monoisotopic (exact) mass is 349 g/mol. The Morgan fingerprint density at radius 1 is 1.42 bits per heavy atom. The first-order valence-corrected chi connectivity index (χ1v) is 9.24. The molecule has 0 aromatic carbocycles. The van der Waals surface area contributed by atoms with Crippen molar-refractivity contribution in [3.05, 3.63) is 26.6 Å². The van der Waals surface area contributed by atoms with Crippen molar-refractivity contribution in [3.63, 3.8) is 0 Å². The lowest BCUT2D eigenvalue weighted by molar-refractivity contribution is -0.121. The van der Waals surface area contributed by atoms with Gasteiger partial charge in [-0.15, -0.1) is 11.3 Å². The summed E-state index contributed by atoms with van der Waals surface area (Å²) >= 11 is 1.62. The smallest absolute Gasteiger partial charge is 0.263 e. The van der Waals surface area contributed by atoms with Crippen molar-refractivity contribution in [2.45, 2.75) is 51.5 Å². The van der Waals surface area contributed by atoms with Crippen molar-refractivity contribution in [1.82, 2.24) is 9.55 Å². The largest absolute Gasteiger partial charge is 0.384 e. The molecular formula is C17H23N3O3S. The fraction of sp³-hybridized carbons (Fsp3) is 0.588. The van der Waals surface area contributed by atoms with Gasteiger partial charge in [0.05, 0.1) is 12.0 Å². The van der Waals surface area contributed by atoms with E-state index < -0.39 is 11.9 Å². The Hall–Kier alpha value is -1.73. The van der Waals surface area contributed by atoms with Gasteiger partial charge < -0.3 is 10.5 Å². The number of thiophene rings is 1. The van der Waals surface area contributed by atoms with Crippen LogP contribution in [0.4, 0.5) is 0 Å². The van der Waals surface area contributed by atoms with Gasteiger partial charge in [-0.25, -0.2) is 4.98 Å². The lowest BCUT2D eigenvalue weighted by Gasteiger charge is -2.19. The van der Waals surface area contributed by atoms with Gasteiger partial charge >= 0.3 is 0 Å². The van der Waals surface area contributed by atoms with Gasteiger partial charge in [-0.2, -0.15) is 0 Å². The molecular weight excluding hydrogens is 326 g/mol. The predicted octanol–water partition coefficient (Wildman–Crippen LogP) is 1.96. The molecule has 6 nitrogen and oxygen atoms in total. The first kappa shape index (κ1) is 17.1. The number of nitrogens with two attached hydrogens (primary N) is 1. The summed E-state index contributed by atoms with van der Waals surface area (Å²) in [6, 6.07) is -0.666. The van der Waals surface area contributed by atoms with Gasteiger partial charge in [-0.3, -0.25) is 14.2 Å². The fourth-order valence-electron chi connectivity index (χ4n) is 3.46. The van der Waals surface area contributed by atoms with Crippen molar-refractivity contribution < 1.29 is 9.53 Å². The molecule has 24 heavy (non-hydrogen) atoms. The van der Waals surface area contributed by atoms with Crippen LogP contribution in [0.1, 0.15) is 48.5 Å². The van der Waals surface area contributed by atoms with E-state index in [4.69, 9.17) is 15.5 Å². The third-order valence-electron chi connectivity index (χ3n) is 4.65. The van der Waals surface area contributed by atoms with Gasteiger partial charge in [0.25, 0.3) is 5.56 Å². The van der Waals surface area contributed by atoms with Crippen molar-refractivity contribution in [2.24, 2.45) is 5.73 Å². The number of carbonyl (C=O) groups excluding carboxylic acids is 1. The molecule has 0 bridgehead atoms. The predicted molar refractivity (Wildman–Crippen MR) is 94.6 cm³/mol. The molecule has 1 aliphatic carbocycles. The molecule has 0 saturated carbocycles. The summed E-state index contributed by atoms with van der Waals surface area (Å²) in [4.78, 5) is 31.9. The van der Waals surface area contributed by atoms with Crippen LogP contribution in [0.25, 0.3) is 10.2 Å². The van der Waals surface area contributed by atoms with Gasteiger partial charge in [-0.1, -0.05) is 6.92 Å². The van der Waals surface area contributed by atoms with Crippen LogP contribution in [-0.4, -0.2) is 29.2 Å². The van der Waals surface area contributed by atoms with Crippen LogP contribution in [0.2, 0.25) is 0 Å². The number of hydrogen-bond donors (Lipinski definition) is 1. The Labute approximate surface area is 144 Å². The summed E-state index contributed by atoms with van der Waals surface area (Å²) in [5.74, 6) is 0.0853. The van der Waals surface area contributed by atoms with E-state index in [0.717, 1.165) is 36.1 Å². The first-order chi connectivity index (χ1) is 11.6. The van der Waals surface area contributed by atoms with E-state index in [1.807, 2.05) is 6.92 Å². The Morgan fingerprint density at radius 3 is 2.83 bits per heavy atom. The third-order valence-corrected chi connectivity index (χ3v) is 5.84. The summed E-state index contributed by atoms with van der Waals surface area (Å²) in [6.07, 6.45) is 5.12. The van der Waals surface area contributed by atoms with E-state index in [1.165, 1.54) is 9.44 Å². The molecule has 2 aromatic heterocycles. The van der Waals surface area contributed by atoms with E-state index in [1.54, 1.807) is 18.4 Å². The highest BCUT2D eigenvalue weighted by molar-refractivity contribution is 7.18. The molecule has 0 spiro atoms. The minimum atomic E-state index is -0.666. The maximum atomic E-state index is 13.2. The van der Waals surface area contributed by atoms with E-state index in [-0.39, 0.29) is 5.56 Å². The molecule has 0 radical (unpaired) electrons. The Bertz CT molecular complexity index is 825. The number of fused-ring (bicyclic) bond motifs is 3. The molecule has 1 atom stereocenters. The molecule has 0 saturated heterocycles. The maximum Gasteiger partial charge on any atom is 0.263 e. The number of amides is 1. The number of aromatic nitrogens is 2. The maximum absolute atomic E-state index is 13.2. The van der Waals surface area contributed by atoms with E-state index in [0.29, 0.717) is 30.7 Å². The molecule has 2 heterocycles. The molecule has 1 aliphatic rings. The second kappa shape index (κ2) is 7.03. The number of hydrogen-bond acceptors (Lipinski definition) is 5. The van der Waals surface area contributed by atoms with E-state index in [9.17, 15) is 9.59 Å². The Balaban J connectivity index is 2.27.